The molecule has 1 rings (SSSR count). The van der Waals surface area contributed by atoms with Crippen molar-refractivity contribution in [3.05, 3.63) is 34.9 Å². The van der Waals surface area contributed by atoms with E-state index in [9.17, 15) is 4.79 Å². The summed E-state index contributed by atoms with van der Waals surface area (Å²) in [5, 5.41) is 0. The largest absolute Gasteiger partial charge is 0.299 e. The van der Waals surface area contributed by atoms with Gasteiger partial charge < -0.3 is 0 Å². The number of aryl methyl sites for hydroxylation is 1. The first-order valence-electron chi connectivity index (χ1n) is 7.20. The first kappa shape index (κ1) is 14.9. The van der Waals surface area contributed by atoms with Gasteiger partial charge in [0, 0.05) is 5.92 Å². The van der Waals surface area contributed by atoms with Crippen LogP contribution < -0.4 is 0 Å². The number of hydrogen-bond donors (Lipinski definition) is 0. The standard InChI is InChI=1S/C17H26O/c1-5-7-10-15-11-8-12-16(13(15)3)17(9-6-2)14(4)18/h8,11-12,17H,5-7,9-10H2,1-4H3. The molecule has 0 heterocycles. The third kappa shape index (κ3) is 3.69. The molecule has 0 saturated carbocycles. The molecule has 100 valence electrons. The van der Waals surface area contributed by atoms with Crippen LogP contribution in [0.4, 0.5) is 0 Å². The average molecular weight is 246 g/mol. The van der Waals surface area contributed by atoms with E-state index in [2.05, 4.69) is 39.0 Å². The first-order valence-corrected chi connectivity index (χ1v) is 7.20. The summed E-state index contributed by atoms with van der Waals surface area (Å²) >= 11 is 0. The molecule has 1 atom stereocenters. The van der Waals surface area contributed by atoms with Gasteiger partial charge in [-0.25, -0.2) is 0 Å². The molecule has 0 aliphatic heterocycles. The number of unbranched alkanes of at least 4 members (excludes halogenated alkanes) is 1. The van der Waals surface area contributed by atoms with Gasteiger partial charge in [-0.1, -0.05) is 44.9 Å². The van der Waals surface area contributed by atoms with Crippen molar-refractivity contribution in [2.75, 3.05) is 0 Å². The zero-order valence-electron chi connectivity index (χ0n) is 12.3. The Balaban J connectivity index is 3.03. The van der Waals surface area contributed by atoms with Crippen LogP contribution >= 0.6 is 0 Å². The maximum absolute atomic E-state index is 11.8. The Morgan fingerprint density at radius 2 is 1.94 bits per heavy atom. The van der Waals surface area contributed by atoms with Gasteiger partial charge in [0.15, 0.2) is 0 Å². The van der Waals surface area contributed by atoms with Crippen LogP contribution in [0.2, 0.25) is 0 Å². The lowest BCUT2D eigenvalue weighted by Crippen LogP contribution is -2.11. The second-order valence-electron chi connectivity index (χ2n) is 5.19. The molecule has 0 fully saturated rings. The van der Waals surface area contributed by atoms with Crippen molar-refractivity contribution in [2.24, 2.45) is 0 Å². The molecule has 18 heavy (non-hydrogen) atoms. The fourth-order valence-corrected chi connectivity index (χ4v) is 2.59. The van der Waals surface area contributed by atoms with Crippen molar-refractivity contribution in [1.82, 2.24) is 0 Å². The molecule has 1 aromatic rings. The van der Waals surface area contributed by atoms with Gasteiger partial charge in [0.05, 0.1) is 0 Å². The van der Waals surface area contributed by atoms with E-state index in [0.29, 0.717) is 5.78 Å². The number of carbonyl (C=O) groups excluding carboxylic acids is 1. The van der Waals surface area contributed by atoms with Gasteiger partial charge in [0.1, 0.15) is 5.78 Å². The van der Waals surface area contributed by atoms with Crippen LogP contribution in [0.15, 0.2) is 18.2 Å². The molecule has 1 heteroatoms. The molecule has 0 aliphatic carbocycles. The van der Waals surface area contributed by atoms with Gasteiger partial charge in [0.25, 0.3) is 0 Å². The summed E-state index contributed by atoms with van der Waals surface area (Å²) < 4.78 is 0. The van der Waals surface area contributed by atoms with Crippen LogP contribution in [0, 0.1) is 6.92 Å². The molecule has 1 nitrogen and oxygen atoms in total. The van der Waals surface area contributed by atoms with Crippen molar-refractivity contribution < 1.29 is 4.79 Å². The topological polar surface area (TPSA) is 17.1 Å². The number of Topliss-reactive ketones (excluding diaryl/α,β-unsaturated/α-hetero) is 1. The smallest absolute Gasteiger partial charge is 0.137 e. The van der Waals surface area contributed by atoms with E-state index in [1.54, 1.807) is 6.92 Å². The predicted octanol–water partition coefficient (Wildman–Crippen LogP) is 4.81. The maximum atomic E-state index is 11.8. The third-order valence-corrected chi connectivity index (χ3v) is 3.73. The van der Waals surface area contributed by atoms with Crippen LogP contribution in [0.5, 0.6) is 0 Å². The highest BCUT2D eigenvalue weighted by molar-refractivity contribution is 5.83. The van der Waals surface area contributed by atoms with Gasteiger partial charge in [-0.05, 0) is 49.8 Å². The molecule has 0 bridgehead atoms. The van der Waals surface area contributed by atoms with E-state index in [0.717, 1.165) is 19.3 Å². The summed E-state index contributed by atoms with van der Waals surface area (Å²) in [7, 11) is 0. The van der Waals surface area contributed by atoms with E-state index in [1.165, 1.54) is 29.5 Å². The number of hydrogen-bond acceptors (Lipinski definition) is 1. The van der Waals surface area contributed by atoms with Gasteiger partial charge in [-0.3, -0.25) is 4.79 Å². The SMILES string of the molecule is CCCCc1cccc(C(CCC)C(C)=O)c1C. The zero-order valence-corrected chi connectivity index (χ0v) is 12.3. The third-order valence-electron chi connectivity index (χ3n) is 3.73. The molecule has 0 aromatic heterocycles. The second kappa shape index (κ2) is 7.35. The predicted molar refractivity (Wildman–Crippen MR) is 78.1 cm³/mol. The fraction of sp³-hybridized carbons (Fsp3) is 0.588. The van der Waals surface area contributed by atoms with E-state index in [4.69, 9.17) is 0 Å². The van der Waals surface area contributed by atoms with E-state index >= 15 is 0 Å². The molecular formula is C17H26O. The van der Waals surface area contributed by atoms with Crippen molar-refractivity contribution in [1.29, 1.82) is 0 Å². The maximum Gasteiger partial charge on any atom is 0.137 e. The summed E-state index contributed by atoms with van der Waals surface area (Å²) in [6, 6.07) is 6.45. The van der Waals surface area contributed by atoms with Crippen molar-refractivity contribution in [2.45, 2.75) is 65.7 Å². The first-order chi connectivity index (χ1) is 8.61. The Kier molecular flexibility index (Phi) is 6.11. The molecule has 1 aromatic carbocycles. The molecular weight excluding hydrogens is 220 g/mol. The number of carbonyl (C=O) groups is 1. The molecule has 0 spiro atoms. The van der Waals surface area contributed by atoms with Crippen LogP contribution in [-0.2, 0) is 11.2 Å². The van der Waals surface area contributed by atoms with Crippen LogP contribution in [0.3, 0.4) is 0 Å². The zero-order chi connectivity index (χ0) is 13.5. The lowest BCUT2D eigenvalue weighted by Gasteiger charge is -2.18. The van der Waals surface area contributed by atoms with Gasteiger partial charge in [0.2, 0.25) is 0 Å². The molecule has 0 N–H and O–H groups in total. The van der Waals surface area contributed by atoms with Gasteiger partial charge in [-0.2, -0.15) is 0 Å². The van der Waals surface area contributed by atoms with Crippen molar-refractivity contribution in [3.8, 4) is 0 Å². The summed E-state index contributed by atoms with van der Waals surface area (Å²) in [5.74, 6) is 0.393. The summed E-state index contributed by atoms with van der Waals surface area (Å²) in [6.45, 7) is 8.26. The highest BCUT2D eigenvalue weighted by Gasteiger charge is 2.18. The van der Waals surface area contributed by atoms with Crippen LogP contribution in [0.25, 0.3) is 0 Å². The van der Waals surface area contributed by atoms with Crippen LogP contribution in [-0.4, -0.2) is 5.78 Å². The molecule has 0 saturated heterocycles. The lowest BCUT2D eigenvalue weighted by molar-refractivity contribution is -0.118. The van der Waals surface area contributed by atoms with Crippen molar-refractivity contribution >= 4 is 5.78 Å². The monoisotopic (exact) mass is 246 g/mol. The minimum absolute atomic E-state index is 0.0941. The molecule has 0 radical (unpaired) electrons. The number of ketones is 1. The Labute approximate surface area is 112 Å². The normalized spacial score (nSPS) is 12.4. The highest BCUT2D eigenvalue weighted by Crippen LogP contribution is 2.28. The summed E-state index contributed by atoms with van der Waals surface area (Å²) in [5.41, 5.74) is 3.99. The average Bonchev–Trinajstić information content (AvgIpc) is 2.35. The van der Waals surface area contributed by atoms with Crippen molar-refractivity contribution in [3.63, 3.8) is 0 Å². The fourth-order valence-electron chi connectivity index (χ4n) is 2.59. The second-order valence-corrected chi connectivity index (χ2v) is 5.19. The molecule has 0 aliphatic rings. The minimum atomic E-state index is 0.0941. The van der Waals surface area contributed by atoms with E-state index in [-0.39, 0.29) is 5.92 Å². The highest BCUT2D eigenvalue weighted by atomic mass is 16.1. The van der Waals surface area contributed by atoms with Gasteiger partial charge in [-0.15, -0.1) is 0 Å². The Hall–Kier alpha value is -1.11. The Morgan fingerprint density at radius 3 is 2.50 bits per heavy atom. The number of benzene rings is 1. The van der Waals surface area contributed by atoms with E-state index < -0.39 is 0 Å². The quantitative estimate of drug-likeness (QED) is 0.674. The number of rotatable bonds is 7. The lowest BCUT2D eigenvalue weighted by atomic mass is 9.85. The van der Waals surface area contributed by atoms with Gasteiger partial charge >= 0.3 is 0 Å². The molecule has 0 amide bonds. The Morgan fingerprint density at radius 1 is 1.22 bits per heavy atom. The molecule has 1 unspecified atom stereocenters. The summed E-state index contributed by atoms with van der Waals surface area (Å²) in [4.78, 5) is 11.8. The minimum Gasteiger partial charge on any atom is -0.299 e. The van der Waals surface area contributed by atoms with Crippen LogP contribution in [0.1, 0.15) is 69.1 Å². The Bertz CT molecular complexity index is 393. The summed E-state index contributed by atoms with van der Waals surface area (Å²) in [6.07, 6.45) is 5.60. The van der Waals surface area contributed by atoms with E-state index in [1.807, 2.05) is 0 Å².